The van der Waals surface area contributed by atoms with E-state index in [0.29, 0.717) is 6.42 Å². The van der Waals surface area contributed by atoms with Gasteiger partial charge in [-0.2, -0.15) is 0 Å². The summed E-state index contributed by atoms with van der Waals surface area (Å²) in [5.41, 5.74) is -0.145. The number of nitrogens with zero attached hydrogens (tertiary/aromatic N) is 2. The van der Waals surface area contributed by atoms with E-state index in [4.69, 9.17) is 5.11 Å². The lowest BCUT2D eigenvalue weighted by Gasteiger charge is -2.15. The van der Waals surface area contributed by atoms with Crippen LogP contribution in [0.1, 0.15) is 20.3 Å². The van der Waals surface area contributed by atoms with Crippen molar-refractivity contribution in [2.45, 2.75) is 31.3 Å². The topological polar surface area (TPSA) is 105 Å². The molecular weight excluding hydrogens is 270 g/mol. The van der Waals surface area contributed by atoms with Crippen molar-refractivity contribution >= 4 is 23.6 Å². The van der Waals surface area contributed by atoms with E-state index in [-0.39, 0.29) is 16.6 Å². The number of carboxylic acids is 1. The number of nitrogens with one attached hydrogen (secondary N) is 1. The number of pyridine rings is 1. The summed E-state index contributed by atoms with van der Waals surface area (Å²) in [6, 6.07) is 2.02. The van der Waals surface area contributed by atoms with Crippen molar-refractivity contribution in [3.63, 3.8) is 0 Å². The number of carboxylic acid groups (broad SMARTS) is 1. The maximum atomic E-state index is 11.0. The van der Waals surface area contributed by atoms with Crippen LogP contribution >= 0.6 is 11.9 Å². The first kappa shape index (κ1) is 15.4. The average Bonchev–Trinajstić information content (AvgIpc) is 2.34. The van der Waals surface area contributed by atoms with Crippen LogP contribution in [0.2, 0.25) is 0 Å². The minimum atomic E-state index is -0.986. The van der Waals surface area contributed by atoms with Gasteiger partial charge in [0.15, 0.2) is 5.03 Å². The second kappa shape index (κ2) is 7.05. The predicted octanol–water partition coefficient (Wildman–Crippen LogP) is 2.09. The summed E-state index contributed by atoms with van der Waals surface area (Å²) in [7, 11) is 0. The van der Waals surface area contributed by atoms with Gasteiger partial charge in [0.2, 0.25) is 0 Å². The molecule has 0 saturated carbocycles. The van der Waals surface area contributed by atoms with Crippen LogP contribution < -0.4 is 4.72 Å². The van der Waals surface area contributed by atoms with Gasteiger partial charge in [-0.25, -0.2) is 9.71 Å². The highest BCUT2D eigenvalue weighted by Gasteiger charge is 2.21. The van der Waals surface area contributed by atoms with E-state index in [1.807, 2.05) is 13.8 Å². The Morgan fingerprint density at radius 2 is 2.32 bits per heavy atom. The molecule has 0 amide bonds. The molecule has 7 nitrogen and oxygen atoms in total. The van der Waals surface area contributed by atoms with E-state index in [0.717, 1.165) is 11.9 Å². The van der Waals surface area contributed by atoms with Crippen molar-refractivity contribution < 1.29 is 14.8 Å². The molecule has 0 radical (unpaired) electrons. The Morgan fingerprint density at radius 3 is 2.84 bits per heavy atom. The first-order valence-corrected chi connectivity index (χ1v) is 6.48. The number of hydrogen-bond donors (Lipinski definition) is 2. The molecule has 1 aromatic heterocycles. The molecule has 0 aliphatic carbocycles. The molecule has 1 heterocycles. The summed E-state index contributed by atoms with van der Waals surface area (Å²) in [6.07, 6.45) is 1.86. The molecule has 2 N–H and O–H groups in total. The lowest BCUT2D eigenvalue weighted by molar-refractivity contribution is -0.388. The first-order chi connectivity index (χ1) is 8.91. The second-order valence-corrected chi connectivity index (χ2v) is 5.15. The minimum absolute atomic E-state index is 0.145. The molecular formula is C11H15N3O4S. The highest BCUT2D eigenvalue weighted by atomic mass is 32.2. The van der Waals surface area contributed by atoms with Crippen molar-refractivity contribution in [2.75, 3.05) is 0 Å². The van der Waals surface area contributed by atoms with Gasteiger partial charge in [0.05, 0.1) is 4.92 Å². The van der Waals surface area contributed by atoms with Gasteiger partial charge < -0.3 is 5.11 Å². The molecule has 1 aromatic rings. The van der Waals surface area contributed by atoms with Crippen LogP contribution in [-0.4, -0.2) is 27.0 Å². The van der Waals surface area contributed by atoms with Crippen LogP contribution in [0.5, 0.6) is 0 Å². The van der Waals surface area contributed by atoms with Crippen molar-refractivity contribution in [1.82, 2.24) is 9.71 Å². The van der Waals surface area contributed by atoms with E-state index in [1.165, 1.54) is 18.3 Å². The standard InChI is InChI=1S/C11H15N3O4S/c1-7(2)6-8(11(15)16)13-19-10-9(14(17)18)4-3-5-12-10/h3-5,7-8,13H,6H2,1-2H3,(H,15,16). The van der Waals surface area contributed by atoms with Gasteiger partial charge >= 0.3 is 11.7 Å². The summed E-state index contributed by atoms with van der Waals surface area (Å²) >= 11 is 0.870. The molecule has 1 rings (SSSR count). The molecule has 1 unspecified atom stereocenters. The minimum Gasteiger partial charge on any atom is -0.480 e. The monoisotopic (exact) mass is 285 g/mol. The van der Waals surface area contributed by atoms with E-state index in [2.05, 4.69) is 9.71 Å². The predicted molar refractivity (Wildman–Crippen MR) is 70.8 cm³/mol. The summed E-state index contributed by atoms with van der Waals surface area (Å²) in [5, 5.41) is 20.0. The molecule has 0 spiro atoms. The summed E-state index contributed by atoms with van der Waals surface area (Å²) in [4.78, 5) is 25.2. The first-order valence-electron chi connectivity index (χ1n) is 5.66. The zero-order chi connectivity index (χ0) is 14.4. The SMILES string of the molecule is CC(C)CC(NSc1ncccc1[N+](=O)[O-])C(=O)O. The van der Waals surface area contributed by atoms with Gasteiger partial charge in [-0.1, -0.05) is 13.8 Å². The molecule has 0 saturated heterocycles. The molecule has 0 aliphatic rings. The molecule has 0 fully saturated rings. The van der Waals surface area contributed by atoms with Crippen LogP contribution in [-0.2, 0) is 4.79 Å². The average molecular weight is 285 g/mol. The van der Waals surface area contributed by atoms with Crippen LogP contribution in [0.25, 0.3) is 0 Å². The van der Waals surface area contributed by atoms with Gasteiger partial charge in [0, 0.05) is 12.3 Å². The van der Waals surface area contributed by atoms with E-state index < -0.39 is 16.9 Å². The van der Waals surface area contributed by atoms with Crippen molar-refractivity contribution in [1.29, 1.82) is 0 Å². The quantitative estimate of drug-likeness (QED) is 0.449. The highest BCUT2D eigenvalue weighted by Crippen LogP contribution is 2.25. The summed E-state index contributed by atoms with van der Waals surface area (Å²) < 4.78 is 2.71. The van der Waals surface area contributed by atoms with E-state index in [1.54, 1.807) is 0 Å². The molecule has 0 bridgehead atoms. The Morgan fingerprint density at radius 1 is 1.63 bits per heavy atom. The number of carbonyl (C=O) groups is 1. The molecule has 0 aliphatic heterocycles. The van der Waals surface area contributed by atoms with Crippen LogP contribution in [0, 0.1) is 16.0 Å². The molecule has 19 heavy (non-hydrogen) atoms. The third-order valence-corrected chi connectivity index (χ3v) is 3.16. The number of rotatable bonds is 7. The Bertz CT molecular complexity index is 467. The van der Waals surface area contributed by atoms with Gasteiger partial charge in [-0.05, 0) is 30.4 Å². The third kappa shape index (κ3) is 4.84. The Kier molecular flexibility index (Phi) is 5.71. The third-order valence-electron chi connectivity index (χ3n) is 2.25. The Labute approximate surface area is 114 Å². The number of hydrogen-bond acceptors (Lipinski definition) is 6. The van der Waals surface area contributed by atoms with Crippen molar-refractivity contribution in [2.24, 2.45) is 5.92 Å². The normalized spacial score (nSPS) is 12.4. The number of aromatic nitrogens is 1. The van der Waals surface area contributed by atoms with E-state index in [9.17, 15) is 14.9 Å². The van der Waals surface area contributed by atoms with Gasteiger partial charge in [-0.3, -0.25) is 14.9 Å². The molecule has 1 atom stereocenters. The fraction of sp³-hybridized carbons (Fsp3) is 0.455. The smallest absolute Gasteiger partial charge is 0.321 e. The van der Waals surface area contributed by atoms with Gasteiger partial charge in [0.25, 0.3) is 0 Å². The fourth-order valence-corrected chi connectivity index (χ4v) is 2.21. The zero-order valence-electron chi connectivity index (χ0n) is 10.6. The Balaban J connectivity index is 2.74. The number of nitro groups is 1. The van der Waals surface area contributed by atoms with Crippen molar-refractivity contribution in [3.05, 3.63) is 28.4 Å². The summed E-state index contributed by atoms with van der Waals surface area (Å²) in [5.74, 6) is -0.785. The second-order valence-electron chi connectivity index (χ2n) is 4.33. The van der Waals surface area contributed by atoms with Crippen LogP contribution in [0.15, 0.2) is 23.4 Å². The molecule has 104 valence electrons. The molecule has 0 aromatic carbocycles. The van der Waals surface area contributed by atoms with Crippen LogP contribution in [0.3, 0.4) is 0 Å². The maximum Gasteiger partial charge on any atom is 0.321 e. The Hall–Kier alpha value is -1.67. The van der Waals surface area contributed by atoms with E-state index >= 15 is 0 Å². The number of aliphatic carboxylic acids is 1. The molecule has 8 heteroatoms. The largest absolute Gasteiger partial charge is 0.480 e. The van der Waals surface area contributed by atoms with Crippen LogP contribution in [0.4, 0.5) is 5.69 Å². The summed E-state index contributed by atoms with van der Waals surface area (Å²) in [6.45, 7) is 3.82. The lowest BCUT2D eigenvalue weighted by atomic mass is 10.1. The zero-order valence-corrected chi connectivity index (χ0v) is 11.4. The highest BCUT2D eigenvalue weighted by molar-refractivity contribution is 7.97. The maximum absolute atomic E-state index is 11.0. The van der Waals surface area contributed by atoms with Crippen molar-refractivity contribution in [3.8, 4) is 0 Å². The fourth-order valence-electron chi connectivity index (χ4n) is 1.40. The lowest BCUT2D eigenvalue weighted by Crippen LogP contribution is -2.33. The van der Waals surface area contributed by atoms with Gasteiger partial charge in [-0.15, -0.1) is 0 Å². The van der Waals surface area contributed by atoms with Gasteiger partial charge in [0.1, 0.15) is 6.04 Å².